The average molecular weight is 377 g/mol. The van der Waals surface area contributed by atoms with Crippen LogP contribution >= 0.6 is 23.2 Å². The Kier molecular flexibility index (Phi) is 5.30. The van der Waals surface area contributed by atoms with Gasteiger partial charge in [0.25, 0.3) is 11.8 Å². The van der Waals surface area contributed by atoms with Gasteiger partial charge in [-0.15, -0.1) is 0 Å². The predicted octanol–water partition coefficient (Wildman–Crippen LogP) is 4.79. The maximum absolute atomic E-state index is 12.6. The van der Waals surface area contributed by atoms with E-state index >= 15 is 0 Å². The second kappa shape index (κ2) is 7.46. The van der Waals surface area contributed by atoms with Crippen molar-refractivity contribution in [1.82, 2.24) is 4.90 Å². The maximum Gasteiger partial charge on any atom is 0.255 e. The van der Waals surface area contributed by atoms with Crippen molar-refractivity contribution in [2.75, 3.05) is 18.4 Å². The van der Waals surface area contributed by atoms with Crippen LogP contribution in [0, 0.1) is 6.92 Å². The van der Waals surface area contributed by atoms with Crippen LogP contribution in [-0.4, -0.2) is 29.8 Å². The van der Waals surface area contributed by atoms with Crippen molar-refractivity contribution >= 4 is 40.7 Å². The van der Waals surface area contributed by atoms with E-state index in [0.717, 1.165) is 31.5 Å². The SMILES string of the molecule is Cc1c(NC(=O)c2cc(Cl)cc(Cl)c2)cccc1C(=O)N1CCCC1. The molecule has 1 saturated heterocycles. The summed E-state index contributed by atoms with van der Waals surface area (Å²) in [5.41, 5.74) is 2.34. The fourth-order valence-corrected chi connectivity index (χ4v) is 3.50. The number of anilines is 1. The first-order valence-corrected chi connectivity index (χ1v) is 8.87. The molecule has 1 fully saturated rings. The van der Waals surface area contributed by atoms with Crippen molar-refractivity contribution in [2.45, 2.75) is 19.8 Å². The molecule has 0 aromatic heterocycles. The first-order chi connectivity index (χ1) is 12.0. The first-order valence-electron chi connectivity index (χ1n) is 8.12. The summed E-state index contributed by atoms with van der Waals surface area (Å²) < 4.78 is 0. The Hall–Kier alpha value is -2.04. The summed E-state index contributed by atoms with van der Waals surface area (Å²) >= 11 is 11.9. The zero-order valence-electron chi connectivity index (χ0n) is 13.8. The third-order valence-corrected chi connectivity index (χ3v) is 4.77. The predicted molar refractivity (Wildman–Crippen MR) is 101 cm³/mol. The fourth-order valence-electron chi connectivity index (χ4n) is 2.97. The lowest BCUT2D eigenvalue weighted by molar-refractivity contribution is 0.0791. The van der Waals surface area contributed by atoms with Crippen LogP contribution in [0.1, 0.15) is 39.1 Å². The lowest BCUT2D eigenvalue weighted by Crippen LogP contribution is -2.28. The normalized spacial score (nSPS) is 13.8. The minimum atomic E-state index is -0.321. The van der Waals surface area contributed by atoms with Crippen LogP contribution in [-0.2, 0) is 0 Å². The van der Waals surface area contributed by atoms with E-state index in [1.807, 2.05) is 11.8 Å². The van der Waals surface area contributed by atoms with Crippen LogP contribution in [0.5, 0.6) is 0 Å². The molecule has 0 radical (unpaired) electrons. The smallest absolute Gasteiger partial charge is 0.255 e. The molecule has 2 amide bonds. The summed E-state index contributed by atoms with van der Waals surface area (Å²) in [5, 5.41) is 3.63. The topological polar surface area (TPSA) is 49.4 Å². The molecular formula is C19H18Cl2N2O2. The minimum absolute atomic E-state index is 0.0110. The fraction of sp³-hybridized carbons (Fsp3) is 0.263. The molecule has 1 heterocycles. The van der Waals surface area contributed by atoms with Crippen LogP contribution in [0.3, 0.4) is 0 Å². The van der Waals surface area contributed by atoms with Gasteiger partial charge in [-0.25, -0.2) is 0 Å². The molecule has 4 nitrogen and oxygen atoms in total. The number of hydrogen-bond acceptors (Lipinski definition) is 2. The molecule has 0 saturated carbocycles. The third kappa shape index (κ3) is 3.97. The number of likely N-dealkylation sites (tertiary alicyclic amines) is 1. The highest BCUT2D eigenvalue weighted by molar-refractivity contribution is 6.35. The van der Waals surface area contributed by atoms with Crippen LogP contribution in [0.15, 0.2) is 36.4 Å². The van der Waals surface area contributed by atoms with Crippen LogP contribution < -0.4 is 5.32 Å². The van der Waals surface area contributed by atoms with E-state index in [-0.39, 0.29) is 11.8 Å². The van der Waals surface area contributed by atoms with E-state index in [9.17, 15) is 9.59 Å². The zero-order valence-corrected chi connectivity index (χ0v) is 15.3. The number of benzene rings is 2. The minimum Gasteiger partial charge on any atom is -0.339 e. The zero-order chi connectivity index (χ0) is 18.0. The average Bonchev–Trinajstić information content (AvgIpc) is 3.09. The van der Waals surface area contributed by atoms with Gasteiger partial charge in [-0.3, -0.25) is 9.59 Å². The monoisotopic (exact) mass is 376 g/mol. The number of nitrogens with one attached hydrogen (secondary N) is 1. The van der Waals surface area contributed by atoms with Crippen molar-refractivity contribution in [3.05, 3.63) is 63.1 Å². The summed E-state index contributed by atoms with van der Waals surface area (Å²) in [7, 11) is 0. The highest BCUT2D eigenvalue weighted by Gasteiger charge is 2.22. The van der Waals surface area contributed by atoms with Gasteiger partial charge in [-0.05, 0) is 55.7 Å². The Bertz CT molecular complexity index is 810. The largest absolute Gasteiger partial charge is 0.339 e. The van der Waals surface area contributed by atoms with E-state index in [1.165, 1.54) is 0 Å². The van der Waals surface area contributed by atoms with E-state index in [1.54, 1.807) is 36.4 Å². The molecule has 0 spiro atoms. The molecule has 2 aromatic carbocycles. The second-order valence-corrected chi connectivity index (χ2v) is 6.96. The molecule has 0 atom stereocenters. The van der Waals surface area contributed by atoms with Gasteiger partial charge in [0.2, 0.25) is 0 Å². The molecule has 0 bridgehead atoms. The molecule has 1 N–H and O–H groups in total. The number of halogens is 2. The van der Waals surface area contributed by atoms with Gasteiger partial charge in [0.05, 0.1) is 0 Å². The standard InChI is InChI=1S/C19H18Cl2N2O2/c1-12-16(19(25)23-7-2-3-8-23)5-4-6-17(12)22-18(24)13-9-14(20)11-15(21)10-13/h4-6,9-11H,2-3,7-8H2,1H3,(H,22,24). The quantitative estimate of drug-likeness (QED) is 0.836. The molecular weight excluding hydrogens is 359 g/mol. The van der Waals surface area contributed by atoms with Crippen LogP contribution in [0.25, 0.3) is 0 Å². The third-order valence-electron chi connectivity index (χ3n) is 4.33. The number of nitrogens with zero attached hydrogens (tertiary/aromatic N) is 1. The molecule has 0 unspecified atom stereocenters. The van der Waals surface area contributed by atoms with Crippen LogP contribution in [0.4, 0.5) is 5.69 Å². The Morgan fingerprint density at radius 1 is 1.04 bits per heavy atom. The van der Waals surface area contributed by atoms with Gasteiger partial charge in [0.1, 0.15) is 0 Å². The Morgan fingerprint density at radius 3 is 2.32 bits per heavy atom. The lowest BCUT2D eigenvalue weighted by atomic mass is 10.0. The molecule has 2 aromatic rings. The van der Waals surface area contributed by atoms with Crippen molar-refractivity contribution < 1.29 is 9.59 Å². The highest BCUT2D eigenvalue weighted by Crippen LogP contribution is 2.24. The maximum atomic E-state index is 12.6. The number of carbonyl (C=O) groups excluding carboxylic acids is 2. The number of rotatable bonds is 3. The van der Waals surface area contributed by atoms with Crippen molar-refractivity contribution in [3.63, 3.8) is 0 Å². The van der Waals surface area contributed by atoms with Crippen molar-refractivity contribution in [1.29, 1.82) is 0 Å². The summed E-state index contributed by atoms with van der Waals surface area (Å²) in [6.07, 6.45) is 2.08. The highest BCUT2D eigenvalue weighted by atomic mass is 35.5. The number of amides is 2. The Labute approximate surface area is 156 Å². The van der Waals surface area contributed by atoms with Crippen molar-refractivity contribution in [3.8, 4) is 0 Å². The van der Waals surface area contributed by atoms with Gasteiger partial charge >= 0.3 is 0 Å². The number of carbonyl (C=O) groups is 2. The van der Waals surface area contributed by atoms with Gasteiger partial charge in [0.15, 0.2) is 0 Å². The molecule has 0 aliphatic carbocycles. The summed E-state index contributed by atoms with van der Waals surface area (Å²) in [4.78, 5) is 27.0. The van der Waals surface area contributed by atoms with Gasteiger partial charge in [-0.2, -0.15) is 0 Å². The molecule has 3 rings (SSSR count). The molecule has 1 aliphatic heterocycles. The van der Waals surface area contributed by atoms with E-state index < -0.39 is 0 Å². The van der Waals surface area contributed by atoms with E-state index in [2.05, 4.69) is 5.32 Å². The van der Waals surface area contributed by atoms with E-state index in [4.69, 9.17) is 23.2 Å². The summed E-state index contributed by atoms with van der Waals surface area (Å²) in [6, 6.07) is 10.0. The molecule has 130 valence electrons. The summed E-state index contributed by atoms with van der Waals surface area (Å²) in [6.45, 7) is 3.41. The number of hydrogen-bond donors (Lipinski definition) is 1. The van der Waals surface area contributed by atoms with Gasteiger partial charge in [0, 0.05) is 39.9 Å². The van der Waals surface area contributed by atoms with Gasteiger partial charge < -0.3 is 10.2 Å². The molecule has 25 heavy (non-hydrogen) atoms. The lowest BCUT2D eigenvalue weighted by Gasteiger charge is -2.18. The summed E-state index contributed by atoms with van der Waals surface area (Å²) in [5.74, 6) is -0.310. The van der Waals surface area contributed by atoms with Gasteiger partial charge in [-0.1, -0.05) is 29.3 Å². The molecule has 1 aliphatic rings. The second-order valence-electron chi connectivity index (χ2n) is 6.09. The van der Waals surface area contributed by atoms with E-state index in [0.29, 0.717) is 26.9 Å². The Morgan fingerprint density at radius 2 is 1.68 bits per heavy atom. The molecule has 6 heteroatoms. The first kappa shape index (κ1) is 17.8. The Balaban J connectivity index is 1.84. The van der Waals surface area contributed by atoms with Crippen LogP contribution in [0.2, 0.25) is 10.0 Å². The van der Waals surface area contributed by atoms with Crippen molar-refractivity contribution in [2.24, 2.45) is 0 Å².